The molecule has 0 saturated heterocycles. The summed E-state index contributed by atoms with van der Waals surface area (Å²) in [5.74, 6) is 0. The van der Waals surface area contributed by atoms with Crippen molar-refractivity contribution >= 4 is 32.8 Å². The van der Waals surface area contributed by atoms with Gasteiger partial charge in [0.2, 0.25) is 0 Å². The Kier molecular flexibility index (Phi) is 3.27. The van der Waals surface area contributed by atoms with E-state index in [4.69, 9.17) is 4.98 Å². The van der Waals surface area contributed by atoms with E-state index in [2.05, 4.69) is 62.6 Å². The van der Waals surface area contributed by atoms with Crippen molar-refractivity contribution in [3.05, 3.63) is 73.3 Å². The third-order valence-electron chi connectivity index (χ3n) is 4.80. The van der Waals surface area contributed by atoms with E-state index >= 15 is 0 Å². The molecule has 4 nitrogen and oxygen atoms in total. The van der Waals surface area contributed by atoms with E-state index in [-0.39, 0.29) is 0 Å². The molecule has 0 aliphatic heterocycles. The number of hydrogen-bond donors (Lipinski definition) is 0. The maximum atomic E-state index is 4.97. The lowest BCUT2D eigenvalue weighted by Gasteiger charge is -2.08. The standard InChI is InChI=1S/C21H18N4/c1-3-8-19-16(6-1)14-18-17-7-2-4-9-20(17)25(21(18)23-19)12-5-11-24-13-10-22-15-24/h1-4,6-10,13-15H,5,11-12H2. The van der Waals surface area contributed by atoms with Gasteiger partial charge in [0.25, 0.3) is 0 Å². The molecule has 5 aromatic rings. The number of fused-ring (bicyclic) bond motifs is 4. The van der Waals surface area contributed by atoms with Crippen molar-refractivity contribution in [2.24, 2.45) is 0 Å². The molecule has 5 rings (SSSR count). The second-order valence-electron chi connectivity index (χ2n) is 6.38. The molecule has 0 fully saturated rings. The molecule has 3 heterocycles. The minimum Gasteiger partial charge on any atom is -0.337 e. The SMILES string of the molecule is c1ccc2nc3c(cc2c1)c1ccccc1n3CCCn1ccnc1. The molecular weight excluding hydrogens is 308 g/mol. The van der Waals surface area contributed by atoms with Crippen LogP contribution in [0, 0.1) is 0 Å². The number of pyridine rings is 1. The highest BCUT2D eigenvalue weighted by molar-refractivity contribution is 6.10. The molecular formula is C21H18N4. The van der Waals surface area contributed by atoms with Gasteiger partial charge < -0.3 is 9.13 Å². The molecule has 0 unspecified atom stereocenters. The van der Waals surface area contributed by atoms with Crippen molar-refractivity contribution in [2.45, 2.75) is 19.5 Å². The Hall–Kier alpha value is -3.14. The summed E-state index contributed by atoms with van der Waals surface area (Å²) >= 11 is 0. The van der Waals surface area contributed by atoms with Crippen LogP contribution in [0.2, 0.25) is 0 Å². The van der Waals surface area contributed by atoms with Crippen LogP contribution in [0.25, 0.3) is 32.8 Å². The zero-order chi connectivity index (χ0) is 16.6. The minimum atomic E-state index is 0.938. The summed E-state index contributed by atoms with van der Waals surface area (Å²) < 4.78 is 4.48. The smallest absolute Gasteiger partial charge is 0.141 e. The zero-order valence-electron chi connectivity index (χ0n) is 13.8. The molecule has 0 aliphatic rings. The Balaban J connectivity index is 1.65. The Morgan fingerprint density at radius 3 is 2.68 bits per heavy atom. The van der Waals surface area contributed by atoms with Crippen molar-refractivity contribution in [2.75, 3.05) is 0 Å². The Morgan fingerprint density at radius 2 is 1.76 bits per heavy atom. The van der Waals surface area contributed by atoms with Crippen molar-refractivity contribution in [3.8, 4) is 0 Å². The normalized spacial score (nSPS) is 11.7. The first-order valence-corrected chi connectivity index (χ1v) is 8.63. The van der Waals surface area contributed by atoms with Crippen LogP contribution in [0.5, 0.6) is 0 Å². The lowest BCUT2D eigenvalue weighted by molar-refractivity contribution is 0.579. The van der Waals surface area contributed by atoms with E-state index < -0.39 is 0 Å². The predicted molar refractivity (Wildman–Crippen MR) is 102 cm³/mol. The van der Waals surface area contributed by atoms with E-state index in [1.807, 2.05) is 24.8 Å². The fourth-order valence-corrected chi connectivity index (χ4v) is 3.62. The van der Waals surface area contributed by atoms with Crippen LogP contribution < -0.4 is 0 Å². The van der Waals surface area contributed by atoms with Crippen LogP contribution in [0.4, 0.5) is 0 Å². The van der Waals surface area contributed by atoms with Gasteiger partial charge in [-0.3, -0.25) is 0 Å². The molecule has 122 valence electrons. The Morgan fingerprint density at radius 1 is 0.880 bits per heavy atom. The molecule has 0 bridgehead atoms. The number of aryl methyl sites for hydroxylation is 2. The maximum absolute atomic E-state index is 4.97. The summed E-state index contributed by atoms with van der Waals surface area (Å²) in [5, 5.41) is 3.70. The summed E-state index contributed by atoms with van der Waals surface area (Å²) in [7, 11) is 0. The van der Waals surface area contributed by atoms with Crippen molar-refractivity contribution in [1.82, 2.24) is 19.1 Å². The highest BCUT2D eigenvalue weighted by Crippen LogP contribution is 2.30. The summed E-state index contributed by atoms with van der Waals surface area (Å²) in [5.41, 5.74) is 3.38. The number of aromatic nitrogens is 4. The first-order chi connectivity index (χ1) is 12.4. The molecule has 4 heteroatoms. The predicted octanol–water partition coefficient (Wildman–Crippen LogP) is 4.63. The van der Waals surface area contributed by atoms with Gasteiger partial charge >= 0.3 is 0 Å². The van der Waals surface area contributed by atoms with E-state index in [1.54, 1.807) is 0 Å². The lowest BCUT2D eigenvalue weighted by atomic mass is 10.1. The average molecular weight is 326 g/mol. The van der Waals surface area contributed by atoms with Gasteiger partial charge in [-0.05, 0) is 24.6 Å². The fraction of sp³-hybridized carbons (Fsp3) is 0.143. The number of rotatable bonds is 4. The van der Waals surface area contributed by atoms with Crippen molar-refractivity contribution < 1.29 is 0 Å². The Bertz CT molecular complexity index is 1170. The van der Waals surface area contributed by atoms with Crippen LogP contribution in [-0.2, 0) is 13.1 Å². The topological polar surface area (TPSA) is 35.6 Å². The molecule has 0 spiro atoms. The van der Waals surface area contributed by atoms with Gasteiger partial charge in [-0.2, -0.15) is 0 Å². The first-order valence-electron chi connectivity index (χ1n) is 8.63. The van der Waals surface area contributed by atoms with E-state index in [1.165, 1.54) is 21.7 Å². The molecule has 0 atom stereocenters. The summed E-state index contributed by atoms with van der Waals surface area (Å²) in [6.45, 7) is 1.90. The highest BCUT2D eigenvalue weighted by Gasteiger charge is 2.12. The van der Waals surface area contributed by atoms with Crippen LogP contribution in [0.1, 0.15) is 6.42 Å². The van der Waals surface area contributed by atoms with E-state index in [0.29, 0.717) is 0 Å². The maximum Gasteiger partial charge on any atom is 0.141 e. The molecule has 0 radical (unpaired) electrons. The van der Waals surface area contributed by atoms with Gasteiger partial charge in [0.15, 0.2) is 0 Å². The Labute approximate surface area is 145 Å². The number of nitrogens with zero attached hydrogens (tertiary/aromatic N) is 4. The fourth-order valence-electron chi connectivity index (χ4n) is 3.62. The number of benzene rings is 2. The summed E-state index contributed by atoms with van der Waals surface area (Å²) in [6, 6.07) is 19.2. The average Bonchev–Trinajstić information content (AvgIpc) is 3.27. The highest BCUT2D eigenvalue weighted by atomic mass is 15.1. The van der Waals surface area contributed by atoms with Crippen LogP contribution in [0.15, 0.2) is 73.3 Å². The van der Waals surface area contributed by atoms with Gasteiger partial charge in [0.05, 0.1) is 17.4 Å². The summed E-state index contributed by atoms with van der Waals surface area (Å²) in [4.78, 5) is 9.09. The van der Waals surface area contributed by atoms with Crippen LogP contribution >= 0.6 is 0 Å². The van der Waals surface area contributed by atoms with Gasteiger partial charge in [-0.1, -0.05) is 36.4 Å². The molecule has 2 aromatic carbocycles. The van der Waals surface area contributed by atoms with Gasteiger partial charge in [-0.15, -0.1) is 0 Å². The van der Waals surface area contributed by atoms with Crippen molar-refractivity contribution in [1.29, 1.82) is 0 Å². The van der Waals surface area contributed by atoms with Crippen molar-refractivity contribution in [3.63, 3.8) is 0 Å². The third-order valence-corrected chi connectivity index (χ3v) is 4.80. The third kappa shape index (κ3) is 2.38. The molecule has 3 aromatic heterocycles. The number of para-hydroxylation sites is 2. The first kappa shape index (κ1) is 14.2. The number of imidazole rings is 1. The van der Waals surface area contributed by atoms with Gasteiger partial charge in [-0.25, -0.2) is 9.97 Å². The van der Waals surface area contributed by atoms with Gasteiger partial charge in [0, 0.05) is 41.6 Å². The van der Waals surface area contributed by atoms with E-state index in [9.17, 15) is 0 Å². The molecule has 0 saturated carbocycles. The molecule has 0 N–H and O–H groups in total. The molecule has 0 aliphatic carbocycles. The quantitative estimate of drug-likeness (QED) is 0.483. The van der Waals surface area contributed by atoms with Crippen LogP contribution in [-0.4, -0.2) is 19.1 Å². The lowest BCUT2D eigenvalue weighted by Crippen LogP contribution is -2.03. The second kappa shape index (κ2) is 5.74. The largest absolute Gasteiger partial charge is 0.337 e. The number of hydrogen-bond acceptors (Lipinski definition) is 2. The van der Waals surface area contributed by atoms with Crippen LogP contribution in [0.3, 0.4) is 0 Å². The zero-order valence-corrected chi connectivity index (χ0v) is 13.8. The minimum absolute atomic E-state index is 0.938. The molecule has 25 heavy (non-hydrogen) atoms. The van der Waals surface area contributed by atoms with E-state index in [0.717, 1.165) is 30.7 Å². The summed E-state index contributed by atoms with van der Waals surface area (Å²) in [6.07, 6.45) is 6.75. The monoisotopic (exact) mass is 326 g/mol. The van der Waals surface area contributed by atoms with Gasteiger partial charge in [0.1, 0.15) is 5.65 Å². The molecule has 0 amide bonds. The second-order valence-corrected chi connectivity index (χ2v) is 6.38.